The van der Waals surface area contributed by atoms with Crippen molar-refractivity contribution in [3.63, 3.8) is 0 Å². The van der Waals surface area contributed by atoms with Crippen molar-refractivity contribution in [2.24, 2.45) is 5.92 Å². The molecule has 11 heavy (non-hydrogen) atoms. The fourth-order valence-electron chi connectivity index (χ4n) is 1.12. The molecule has 2 heteroatoms. The minimum Gasteiger partial charge on any atom is -0.384 e. The van der Waals surface area contributed by atoms with Gasteiger partial charge >= 0.3 is 0 Å². The highest BCUT2D eigenvalue weighted by atomic mass is 16.5. The van der Waals surface area contributed by atoms with Gasteiger partial charge in [0.2, 0.25) is 0 Å². The highest BCUT2D eigenvalue weighted by Gasteiger charge is 1.99. The van der Waals surface area contributed by atoms with Crippen LogP contribution in [0.1, 0.15) is 26.7 Å². The Hall–Kier alpha value is -0.0800. The minimum atomic E-state index is 0.707. The highest BCUT2D eigenvalue weighted by Crippen LogP contribution is 2.03. The van der Waals surface area contributed by atoms with Crippen molar-refractivity contribution in [3.8, 4) is 0 Å². The molecule has 0 saturated carbocycles. The summed E-state index contributed by atoms with van der Waals surface area (Å²) in [5.74, 6) is 0.707. The lowest BCUT2D eigenvalue weighted by molar-refractivity contribution is 0.154. The molecule has 0 saturated heterocycles. The lowest BCUT2D eigenvalue weighted by Gasteiger charge is -2.09. The van der Waals surface area contributed by atoms with Gasteiger partial charge in [0.1, 0.15) is 0 Å². The van der Waals surface area contributed by atoms with Crippen molar-refractivity contribution < 1.29 is 4.74 Å². The average Bonchev–Trinajstić information content (AvgIpc) is 1.99. The Morgan fingerprint density at radius 3 is 2.73 bits per heavy atom. The molecule has 0 aromatic rings. The largest absolute Gasteiger partial charge is 0.384 e. The van der Waals surface area contributed by atoms with Crippen LogP contribution in [-0.4, -0.2) is 26.8 Å². The van der Waals surface area contributed by atoms with Crippen LogP contribution < -0.4 is 5.32 Å². The molecule has 2 nitrogen and oxygen atoms in total. The zero-order valence-electron chi connectivity index (χ0n) is 8.02. The predicted octanol–water partition coefficient (Wildman–Crippen LogP) is 1.66. The molecular formula is C9H21NO. The maximum atomic E-state index is 5.04. The molecule has 1 atom stereocenters. The van der Waals surface area contributed by atoms with Crippen LogP contribution in [0.2, 0.25) is 0 Å². The van der Waals surface area contributed by atoms with Crippen molar-refractivity contribution in [1.82, 2.24) is 5.32 Å². The van der Waals surface area contributed by atoms with Crippen molar-refractivity contribution in [3.05, 3.63) is 0 Å². The quantitative estimate of drug-likeness (QED) is 0.570. The van der Waals surface area contributed by atoms with Crippen LogP contribution >= 0.6 is 0 Å². The average molecular weight is 159 g/mol. The third-order valence-electron chi connectivity index (χ3n) is 1.75. The molecule has 1 N–H and O–H groups in total. The van der Waals surface area contributed by atoms with Crippen molar-refractivity contribution >= 4 is 0 Å². The first-order chi connectivity index (χ1) is 5.31. The Kier molecular flexibility index (Phi) is 7.96. The van der Waals surface area contributed by atoms with E-state index in [1.54, 1.807) is 7.11 Å². The number of hydrogen-bond donors (Lipinski definition) is 1. The standard InChI is InChI=1S/C9H21NO/c1-4-10-7-5-6-9(2)8-11-3/h9-10H,4-8H2,1-3H3. The molecule has 0 aromatic carbocycles. The van der Waals surface area contributed by atoms with Gasteiger partial charge in [-0.2, -0.15) is 0 Å². The molecule has 68 valence electrons. The second-order valence-electron chi connectivity index (χ2n) is 3.06. The van der Waals surface area contributed by atoms with Crippen molar-refractivity contribution in [2.75, 3.05) is 26.8 Å². The fraction of sp³-hybridized carbons (Fsp3) is 1.00. The van der Waals surface area contributed by atoms with Gasteiger partial charge in [-0.25, -0.2) is 0 Å². The Morgan fingerprint density at radius 2 is 2.18 bits per heavy atom. The Labute approximate surface area is 70.3 Å². The van der Waals surface area contributed by atoms with Gasteiger partial charge in [-0.3, -0.25) is 0 Å². The van der Waals surface area contributed by atoms with Crippen LogP contribution in [0.15, 0.2) is 0 Å². The maximum absolute atomic E-state index is 5.04. The lowest BCUT2D eigenvalue weighted by Crippen LogP contribution is -2.15. The molecule has 0 rings (SSSR count). The van der Waals surface area contributed by atoms with Gasteiger partial charge in [0.25, 0.3) is 0 Å². The summed E-state index contributed by atoms with van der Waals surface area (Å²) in [7, 11) is 1.76. The summed E-state index contributed by atoms with van der Waals surface area (Å²) in [5, 5.41) is 3.30. The zero-order valence-corrected chi connectivity index (χ0v) is 8.02. The monoisotopic (exact) mass is 159 g/mol. The number of methoxy groups -OCH3 is 1. The van der Waals surface area contributed by atoms with Crippen molar-refractivity contribution in [2.45, 2.75) is 26.7 Å². The molecule has 0 aromatic heterocycles. The molecule has 0 heterocycles. The van der Waals surface area contributed by atoms with E-state index in [1.807, 2.05) is 0 Å². The van der Waals surface area contributed by atoms with Crippen LogP contribution in [0.25, 0.3) is 0 Å². The fourth-order valence-corrected chi connectivity index (χ4v) is 1.12. The van der Waals surface area contributed by atoms with Gasteiger partial charge < -0.3 is 10.1 Å². The van der Waals surface area contributed by atoms with Gasteiger partial charge in [-0.15, -0.1) is 0 Å². The number of ether oxygens (including phenoxy) is 1. The molecule has 0 aliphatic rings. The summed E-state index contributed by atoms with van der Waals surface area (Å²) in [5.41, 5.74) is 0. The zero-order chi connectivity index (χ0) is 8.53. The normalized spacial score (nSPS) is 13.4. The van der Waals surface area contributed by atoms with Gasteiger partial charge in [0.15, 0.2) is 0 Å². The van der Waals surface area contributed by atoms with E-state index in [-0.39, 0.29) is 0 Å². The molecule has 0 aliphatic heterocycles. The van der Waals surface area contributed by atoms with Crippen LogP contribution in [0.5, 0.6) is 0 Å². The predicted molar refractivity (Wildman–Crippen MR) is 48.8 cm³/mol. The first kappa shape index (κ1) is 10.9. The van der Waals surface area contributed by atoms with E-state index in [9.17, 15) is 0 Å². The van der Waals surface area contributed by atoms with Gasteiger partial charge in [0, 0.05) is 13.7 Å². The first-order valence-corrected chi connectivity index (χ1v) is 4.50. The summed E-state index contributed by atoms with van der Waals surface area (Å²) in [6.07, 6.45) is 2.53. The van der Waals surface area contributed by atoms with E-state index in [2.05, 4.69) is 19.2 Å². The van der Waals surface area contributed by atoms with E-state index in [0.717, 1.165) is 19.7 Å². The van der Waals surface area contributed by atoms with Gasteiger partial charge in [-0.05, 0) is 31.8 Å². The van der Waals surface area contributed by atoms with Crippen LogP contribution in [0.3, 0.4) is 0 Å². The second-order valence-corrected chi connectivity index (χ2v) is 3.06. The second kappa shape index (κ2) is 8.02. The summed E-state index contributed by atoms with van der Waals surface area (Å²) in [4.78, 5) is 0. The lowest BCUT2D eigenvalue weighted by atomic mass is 10.1. The Balaban J connectivity index is 2.97. The third-order valence-corrected chi connectivity index (χ3v) is 1.75. The molecule has 0 fully saturated rings. The van der Waals surface area contributed by atoms with E-state index >= 15 is 0 Å². The van der Waals surface area contributed by atoms with E-state index in [4.69, 9.17) is 4.74 Å². The first-order valence-electron chi connectivity index (χ1n) is 4.50. The molecule has 0 aliphatic carbocycles. The molecule has 1 unspecified atom stereocenters. The number of hydrogen-bond acceptors (Lipinski definition) is 2. The SMILES string of the molecule is CCNCCCC(C)COC. The Morgan fingerprint density at radius 1 is 1.45 bits per heavy atom. The molecule has 0 amide bonds. The van der Waals surface area contributed by atoms with E-state index in [0.29, 0.717) is 5.92 Å². The highest BCUT2D eigenvalue weighted by molar-refractivity contribution is 4.53. The molecule has 0 spiro atoms. The molecule has 0 radical (unpaired) electrons. The molecule has 0 bridgehead atoms. The smallest absolute Gasteiger partial charge is 0.0487 e. The summed E-state index contributed by atoms with van der Waals surface area (Å²) < 4.78 is 5.04. The van der Waals surface area contributed by atoms with Gasteiger partial charge in [-0.1, -0.05) is 13.8 Å². The van der Waals surface area contributed by atoms with Crippen LogP contribution in [0, 0.1) is 5.92 Å². The van der Waals surface area contributed by atoms with Gasteiger partial charge in [0.05, 0.1) is 0 Å². The van der Waals surface area contributed by atoms with Crippen LogP contribution in [-0.2, 0) is 4.74 Å². The number of nitrogens with one attached hydrogen (secondary N) is 1. The van der Waals surface area contributed by atoms with E-state index < -0.39 is 0 Å². The van der Waals surface area contributed by atoms with Crippen LogP contribution in [0.4, 0.5) is 0 Å². The number of rotatable bonds is 7. The third kappa shape index (κ3) is 7.82. The van der Waals surface area contributed by atoms with E-state index in [1.165, 1.54) is 12.8 Å². The maximum Gasteiger partial charge on any atom is 0.0487 e. The summed E-state index contributed by atoms with van der Waals surface area (Å²) in [6, 6.07) is 0. The summed E-state index contributed by atoms with van der Waals surface area (Å²) >= 11 is 0. The Bertz CT molecular complexity index is 76.0. The minimum absolute atomic E-state index is 0.707. The molecular weight excluding hydrogens is 138 g/mol. The van der Waals surface area contributed by atoms with Crippen molar-refractivity contribution in [1.29, 1.82) is 0 Å². The summed E-state index contributed by atoms with van der Waals surface area (Å²) in [6.45, 7) is 7.49. The topological polar surface area (TPSA) is 21.3 Å².